The number of carbonyl (C=O) groups excluding carboxylic acids is 1. The highest BCUT2D eigenvalue weighted by atomic mass is 16.2. The minimum absolute atomic E-state index is 0.107. The number of likely N-dealkylation sites (N-methyl/N-ethyl adjacent to an activating group) is 1. The van der Waals surface area contributed by atoms with Crippen molar-refractivity contribution in [3.63, 3.8) is 0 Å². The van der Waals surface area contributed by atoms with E-state index >= 15 is 0 Å². The summed E-state index contributed by atoms with van der Waals surface area (Å²) in [4.78, 5) is 24.6. The average molecular weight is 372 g/mol. The Morgan fingerprint density at radius 2 is 2.04 bits per heavy atom. The van der Waals surface area contributed by atoms with Gasteiger partial charge in [0.1, 0.15) is 11.3 Å². The van der Waals surface area contributed by atoms with Gasteiger partial charge in [0.2, 0.25) is 0 Å². The van der Waals surface area contributed by atoms with Crippen LogP contribution in [0, 0.1) is 13.8 Å². The molecule has 0 saturated carbocycles. The van der Waals surface area contributed by atoms with Crippen LogP contribution in [0.4, 0.5) is 0 Å². The number of pyridine rings is 1. The first-order chi connectivity index (χ1) is 12.9. The molecule has 2 aromatic heterocycles. The van der Waals surface area contributed by atoms with Gasteiger partial charge in [-0.2, -0.15) is 0 Å². The van der Waals surface area contributed by atoms with Crippen molar-refractivity contribution in [3.8, 4) is 0 Å². The second-order valence-electron chi connectivity index (χ2n) is 8.16. The number of aryl methyl sites for hydroxylation is 2. The minimum atomic E-state index is 0.107. The third-order valence-corrected chi connectivity index (χ3v) is 5.58. The van der Waals surface area contributed by atoms with Gasteiger partial charge < -0.3 is 14.7 Å². The molecule has 27 heavy (non-hydrogen) atoms. The van der Waals surface area contributed by atoms with Crippen molar-refractivity contribution in [1.82, 2.24) is 24.1 Å². The molecule has 1 atom stereocenters. The van der Waals surface area contributed by atoms with Crippen LogP contribution in [0.1, 0.15) is 41.0 Å². The van der Waals surface area contributed by atoms with Crippen LogP contribution in [0.3, 0.4) is 0 Å². The van der Waals surface area contributed by atoms with Gasteiger partial charge in [-0.15, -0.1) is 0 Å². The van der Waals surface area contributed by atoms with E-state index in [0.29, 0.717) is 11.7 Å². The van der Waals surface area contributed by atoms with Gasteiger partial charge in [0.25, 0.3) is 5.91 Å². The van der Waals surface area contributed by atoms with E-state index in [1.165, 1.54) is 0 Å². The molecule has 1 aliphatic rings. The Bertz CT molecular complexity index is 797. The van der Waals surface area contributed by atoms with Crippen molar-refractivity contribution in [3.05, 3.63) is 35.3 Å². The fourth-order valence-electron chi connectivity index (χ4n) is 3.99. The summed E-state index contributed by atoms with van der Waals surface area (Å²) < 4.78 is 1.94. The Kier molecular flexibility index (Phi) is 6.17. The lowest BCUT2D eigenvalue weighted by molar-refractivity contribution is 0.0600. The number of likely N-dealkylation sites (tertiary alicyclic amines) is 1. The molecule has 0 N–H and O–H groups in total. The lowest BCUT2D eigenvalue weighted by atomic mass is 10.0. The van der Waals surface area contributed by atoms with E-state index in [4.69, 9.17) is 0 Å². The molecule has 0 radical (unpaired) electrons. The smallest absolute Gasteiger partial charge is 0.272 e. The highest BCUT2D eigenvalue weighted by Crippen LogP contribution is 2.20. The molecule has 3 heterocycles. The van der Waals surface area contributed by atoms with Crippen LogP contribution in [0.15, 0.2) is 18.3 Å². The SMILES string of the molecule is Cc1ccn2c(C(=O)N3CCC[C@H](N(C)CCCN(C)C)C3)c(C)nc2c1. The van der Waals surface area contributed by atoms with E-state index < -0.39 is 0 Å². The van der Waals surface area contributed by atoms with Gasteiger partial charge in [0, 0.05) is 25.3 Å². The molecule has 1 saturated heterocycles. The standard InChI is InChI=1S/C21H33N5O/c1-16-9-13-26-19(14-16)22-17(2)20(26)21(27)25-12-6-8-18(15-25)24(5)11-7-10-23(3)4/h9,13-14,18H,6-8,10-12,15H2,1-5H3/t18-/m0/s1. The number of carbonyl (C=O) groups is 1. The van der Waals surface area contributed by atoms with Gasteiger partial charge >= 0.3 is 0 Å². The molecule has 0 aromatic carbocycles. The molecule has 0 bridgehead atoms. The second kappa shape index (κ2) is 8.40. The molecule has 148 valence electrons. The van der Waals surface area contributed by atoms with Crippen LogP contribution in [0.5, 0.6) is 0 Å². The lowest BCUT2D eigenvalue weighted by Crippen LogP contribution is -2.49. The Morgan fingerprint density at radius 1 is 1.26 bits per heavy atom. The largest absolute Gasteiger partial charge is 0.336 e. The zero-order chi connectivity index (χ0) is 19.6. The summed E-state index contributed by atoms with van der Waals surface area (Å²) in [5.74, 6) is 0.107. The van der Waals surface area contributed by atoms with Crippen molar-refractivity contribution in [1.29, 1.82) is 0 Å². The van der Waals surface area contributed by atoms with E-state index in [0.717, 1.165) is 62.3 Å². The first-order valence-electron chi connectivity index (χ1n) is 9.96. The molecule has 0 aliphatic carbocycles. The summed E-state index contributed by atoms with van der Waals surface area (Å²) in [6.45, 7) is 7.78. The summed E-state index contributed by atoms with van der Waals surface area (Å²) in [5.41, 5.74) is 3.53. The maximum atomic E-state index is 13.3. The van der Waals surface area contributed by atoms with Crippen LogP contribution in [-0.4, -0.2) is 83.4 Å². The number of amides is 1. The Labute approximate surface area is 162 Å². The van der Waals surface area contributed by atoms with Crippen molar-refractivity contribution in [2.75, 3.05) is 47.3 Å². The number of imidazole rings is 1. The summed E-state index contributed by atoms with van der Waals surface area (Å²) in [6.07, 6.45) is 5.34. The Hall–Kier alpha value is -1.92. The number of nitrogens with zero attached hydrogens (tertiary/aromatic N) is 5. The maximum Gasteiger partial charge on any atom is 0.272 e. The number of aromatic nitrogens is 2. The summed E-state index contributed by atoms with van der Waals surface area (Å²) in [6, 6.07) is 4.50. The molecule has 2 aromatic rings. The first-order valence-corrected chi connectivity index (χ1v) is 9.96. The fraction of sp³-hybridized carbons (Fsp3) is 0.619. The quantitative estimate of drug-likeness (QED) is 0.782. The average Bonchev–Trinajstić information content (AvgIpc) is 2.95. The van der Waals surface area contributed by atoms with Crippen LogP contribution < -0.4 is 0 Å². The number of fused-ring (bicyclic) bond motifs is 1. The molecule has 3 rings (SSSR count). The lowest BCUT2D eigenvalue weighted by Gasteiger charge is -2.37. The zero-order valence-corrected chi connectivity index (χ0v) is 17.4. The number of piperidine rings is 1. The molecule has 6 nitrogen and oxygen atoms in total. The Balaban J connectivity index is 1.71. The first kappa shape index (κ1) is 19.8. The van der Waals surface area contributed by atoms with E-state index in [-0.39, 0.29) is 5.91 Å². The van der Waals surface area contributed by atoms with Gasteiger partial charge in [-0.1, -0.05) is 0 Å². The minimum Gasteiger partial charge on any atom is -0.336 e. The van der Waals surface area contributed by atoms with E-state index in [1.54, 1.807) is 0 Å². The molecule has 1 fully saturated rings. The third-order valence-electron chi connectivity index (χ3n) is 5.58. The van der Waals surface area contributed by atoms with Crippen molar-refractivity contribution in [2.45, 2.75) is 39.2 Å². The normalized spacial score (nSPS) is 18.0. The van der Waals surface area contributed by atoms with Gasteiger partial charge in [-0.25, -0.2) is 4.98 Å². The van der Waals surface area contributed by atoms with E-state index in [1.807, 2.05) is 41.5 Å². The van der Waals surface area contributed by atoms with Gasteiger partial charge in [0.15, 0.2) is 0 Å². The van der Waals surface area contributed by atoms with Crippen LogP contribution in [0.2, 0.25) is 0 Å². The molecular formula is C21H33N5O. The number of hydrogen-bond acceptors (Lipinski definition) is 4. The fourth-order valence-corrected chi connectivity index (χ4v) is 3.99. The van der Waals surface area contributed by atoms with E-state index in [2.05, 4.69) is 35.9 Å². The molecular weight excluding hydrogens is 338 g/mol. The summed E-state index contributed by atoms with van der Waals surface area (Å²) >= 11 is 0. The summed E-state index contributed by atoms with van der Waals surface area (Å²) in [7, 11) is 6.41. The topological polar surface area (TPSA) is 44.1 Å². The Morgan fingerprint density at radius 3 is 2.78 bits per heavy atom. The van der Waals surface area contributed by atoms with Gasteiger partial charge in [-0.3, -0.25) is 9.20 Å². The predicted molar refractivity (Wildman–Crippen MR) is 109 cm³/mol. The van der Waals surface area contributed by atoms with Gasteiger partial charge in [-0.05, 0) is 85.0 Å². The summed E-state index contributed by atoms with van der Waals surface area (Å²) in [5, 5.41) is 0. The molecule has 0 spiro atoms. The van der Waals surface area contributed by atoms with Crippen molar-refractivity contribution >= 4 is 11.6 Å². The maximum absolute atomic E-state index is 13.3. The van der Waals surface area contributed by atoms with Crippen molar-refractivity contribution < 1.29 is 4.79 Å². The molecule has 6 heteroatoms. The van der Waals surface area contributed by atoms with Crippen LogP contribution in [0.25, 0.3) is 5.65 Å². The van der Waals surface area contributed by atoms with E-state index in [9.17, 15) is 4.79 Å². The highest BCUT2D eigenvalue weighted by Gasteiger charge is 2.29. The molecule has 1 amide bonds. The monoisotopic (exact) mass is 371 g/mol. The second-order valence-corrected chi connectivity index (χ2v) is 8.16. The van der Waals surface area contributed by atoms with Crippen molar-refractivity contribution in [2.24, 2.45) is 0 Å². The predicted octanol–water partition coefficient (Wildman–Crippen LogP) is 2.44. The number of hydrogen-bond donors (Lipinski definition) is 0. The molecule has 0 unspecified atom stereocenters. The highest BCUT2D eigenvalue weighted by molar-refractivity contribution is 5.94. The zero-order valence-electron chi connectivity index (χ0n) is 17.4. The number of rotatable bonds is 6. The van der Waals surface area contributed by atoms with Crippen LogP contribution >= 0.6 is 0 Å². The van der Waals surface area contributed by atoms with Crippen LogP contribution in [-0.2, 0) is 0 Å². The third kappa shape index (κ3) is 4.50. The molecule has 1 aliphatic heterocycles. The van der Waals surface area contributed by atoms with Gasteiger partial charge in [0.05, 0.1) is 5.69 Å².